The first-order valence-corrected chi connectivity index (χ1v) is 14.9. The summed E-state index contributed by atoms with van der Waals surface area (Å²) >= 11 is 0. The first-order chi connectivity index (χ1) is 19.6. The van der Waals surface area contributed by atoms with Crippen LogP contribution in [0.1, 0.15) is 94.9 Å². The fraction of sp³-hybridized carbons (Fsp3) is 0.474. The van der Waals surface area contributed by atoms with Crippen molar-refractivity contribution < 1.29 is 21.7 Å². The van der Waals surface area contributed by atoms with E-state index in [1.807, 2.05) is 0 Å². The van der Waals surface area contributed by atoms with Gasteiger partial charge in [0.15, 0.2) is 0 Å². The predicted molar refractivity (Wildman–Crippen MR) is 190 cm³/mol. The van der Waals surface area contributed by atoms with Crippen molar-refractivity contribution in [3.63, 3.8) is 0 Å². The maximum Gasteiger partial charge on any atom is 0 e. The van der Waals surface area contributed by atoms with Crippen molar-refractivity contribution in [2.75, 3.05) is 42.3 Å². The van der Waals surface area contributed by atoms with Gasteiger partial charge in [-0.2, -0.15) is 113 Å². The van der Waals surface area contributed by atoms with Crippen LogP contribution in [0.5, 0.6) is 0 Å². The first kappa shape index (κ1) is 46.9. The molecule has 42 heavy (non-hydrogen) atoms. The van der Waals surface area contributed by atoms with Gasteiger partial charge in [-0.15, -0.1) is 0 Å². The Hall–Kier alpha value is -2.01. The fourth-order valence-corrected chi connectivity index (χ4v) is 3.19. The van der Waals surface area contributed by atoms with Gasteiger partial charge in [-0.25, -0.2) is 48.5 Å². The largest absolute Gasteiger partial charge is 0.668 e. The third-order valence-electron chi connectivity index (χ3n) is 5.34. The van der Waals surface area contributed by atoms with E-state index in [-0.39, 0.29) is 21.7 Å². The monoisotopic (exact) mass is 608 g/mol. The normalized spacial score (nSPS) is 9.05. The molecule has 0 spiro atoms. The molecule has 0 unspecified atom stereocenters. The Kier molecular flexibility index (Phi) is 39.3. The van der Waals surface area contributed by atoms with Crippen LogP contribution in [0, 0.1) is 0 Å². The van der Waals surface area contributed by atoms with Gasteiger partial charge in [0.2, 0.25) is 0 Å². The zero-order valence-corrected chi connectivity index (χ0v) is 30.8. The van der Waals surface area contributed by atoms with E-state index in [2.05, 4.69) is 161 Å². The van der Waals surface area contributed by atoms with Crippen LogP contribution >= 0.6 is 0 Å². The van der Waals surface area contributed by atoms with E-state index in [1.165, 1.54) is 35.1 Å². The van der Waals surface area contributed by atoms with Crippen molar-refractivity contribution in [2.45, 2.75) is 79.1 Å². The van der Waals surface area contributed by atoms with Crippen molar-refractivity contribution in [1.82, 2.24) is 0 Å². The van der Waals surface area contributed by atoms with Crippen molar-refractivity contribution in [1.29, 1.82) is 0 Å². The molecule has 3 nitrogen and oxygen atoms in total. The van der Waals surface area contributed by atoms with Gasteiger partial charge in [-0.1, -0.05) is 79.1 Å². The minimum Gasteiger partial charge on any atom is -0.668 e. The van der Waals surface area contributed by atoms with Gasteiger partial charge < -0.3 is 16.0 Å². The van der Waals surface area contributed by atoms with Crippen molar-refractivity contribution in [3.8, 4) is 0 Å². The molecule has 0 aromatic heterocycles. The molecule has 0 aliphatic carbocycles. The molecular formula is C38H62N3Ti-7. The summed E-state index contributed by atoms with van der Waals surface area (Å²) in [7, 11) is 10.5. The second-order valence-electron chi connectivity index (χ2n) is 10.5. The molecule has 240 valence electrons. The second kappa shape index (κ2) is 35.2. The third-order valence-corrected chi connectivity index (χ3v) is 5.34. The topological polar surface area (TPSA) is 42.3 Å². The number of hydrogen-bond acceptors (Lipinski definition) is 0. The summed E-state index contributed by atoms with van der Waals surface area (Å²) in [5.74, 6) is 2.06. The summed E-state index contributed by atoms with van der Waals surface area (Å²) in [4.78, 5) is 0. The number of rotatable bonds is 5. The molecule has 0 fully saturated rings. The molecule has 0 heterocycles. The van der Waals surface area contributed by atoms with Gasteiger partial charge in [0.25, 0.3) is 0 Å². The SMILES string of the molecule is CC(C)[c-]1cccc1.CC(C)[c-]1cccc1.CC(C)[c-]1cccc1.CCC[c-]1cccc1.C[N-]C.C[N-]C.C[N-]C.[Ti]. The van der Waals surface area contributed by atoms with Gasteiger partial charge in [-0.05, 0) is 0 Å². The van der Waals surface area contributed by atoms with E-state index in [0.717, 1.165) is 0 Å². The Bertz CT molecular complexity index is 806. The minimum absolute atomic E-state index is 0. The molecule has 0 bridgehead atoms. The zero-order valence-electron chi connectivity index (χ0n) is 29.2. The minimum atomic E-state index is 0. The molecule has 0 saturated heterocycles. The summed E-state index contributed by atoms with van der Waals surface area (Å²) in [6.45, 7) is 15.4. The summed E-state index contributed by atoms with van der Waals surface area (Å²) < 4.78 is 0. The van der Waals surface area contributed by atoms with E-state index >= 15 is 0 Å². The Labute approximate surface area is 277 Å². The van der Waals surface area contributed by atoms with Crippen molar-refractivity contribution >= 4 is 0 Å². The predicted octanol–water partition coefficient (Wildman–Crippen LogP) is 11.8. The molecule has 4 heteroatoms. The van der Waals surface area contributed by atoms with Crippen LogP contribution in [0.2, 0.25) is 0 Å². The van der Waals surface area contributed by atoms with Crippen LogP contribution in [0.3, 0.4) is 0 Å². The standard InChI is InChI=1S/4C8H11.3C2H6N.Ti/c3*1-7(2)8-5-3-4-6-8;1-2-5-8-6-3-4-7-8;3*1-3-2;/h3*3-7H,1-2H3;3-4,6-7H,2,5H2,1H3;3*1-2H3;/q7*-1;. The molecule has 4 rings (SSSR count). The van der Waals surface area contributed by atoms with Crippen LogP contribution < -0.4 is 0 Å². The molecule has 0 N–H and O–H groups in total. The van der Waals surface area contributed by atoms with Gasteiger partial charge in [0, 0.05) is 21.7 Å². The quantitative estimate of drug-likeness (QED) is 0.160. The smallest absolute Gasteiger partial charge is 0 e. The number of aryl methyl sites for hydroxylation is 1. The average molecular weight is 609 g/mol. The van der Waals surface area contributed by atoms with E-state index in [9.17, 15) is 0 Å². The molecule has 0 aliphatic heterocycles. The molecule has 0 radical (unpaired) electrons. The summed E-state index contributed by atoms with van der Waals surface area (Å²) in [5.41, 5.74) is 5.77. The van der Waals surface area contributed by atoms with Crippen molar-refractivity contribution in [2.24, 2.45) is 0 Å². The van der Waals surface area contributed by atoms with Crippen LogP contribution in [0.4, 0.5) is 0 Å². The summed E-state index contributed by atoms with van der Waals surface area (Å²) in [5, 5.41) is 10.5. The van der Waals surface area contributed by atoms with Crippen LogP contribution in [-0.4, -0.2) is 42.3 Å². The van der Waals surface area contributed by atoms with E-state index in [4.69, 9.17) is 0 Å². The molecule has 4 aromatic carbocycles. The van der Waals surface area contributed by atoms with Crippen LogP contribution in [0.15, 0.2) is 97.1 Å². The Balaban J connectivity index is -0.000000208. The fourth-order valence-electron chi connectivity index (χ4n) is 3.19. The molecule has 0 aliphatic rings. The van der Waals surface area contributed by atoms with Gasteiger partial charge in [-0.3, -0.25) is 0 Å². The third kappa shape index (κ3) is 30.9. The van der Waals surface area contributed by atoms with Crippen molar-refractivity contribution in [3.05, 3.63) is 135 Å². The Morgan fingerprint density at radius 2 is 0.619 bits per heavy atom. The second-order valence-corrected chi connectivity index (χ2v) is 10.5. The van der Waals surface area contributed by atoms with Gasteiger partial charge in [0.05, 0.1) is 0 Å². The molecule has 4 aromatic rings. The zero-order chi connectivity index (χ0) is 31.9. The molecule has 0 saturated carbocycles. The van der Waals surface area contributed by atoms with E-state index in [1.54, 1.807) is 42.3 Å². The van der Waals surface area contributed by atoms with Crippen LogP contribution in [-0.2, 0) is 28.1 Å². The van der Waals surface area contributed by atoms with E-state index < -0.39 is 0 Å². The summed E-state index contributed by atoms with van der Waals surface area (Å²) in [6.07, 6.45) is 2.48. The van der Waals surface area contributed by atoms with Crippen LogP contribution in [0.25, 0.3) is 16.0 Å². The molecule has 0 amide bonds. The Morgan fingerprint density at radius 1 is 0.429 bits per heavy atom. The molecular weight excluding hydrogens is 546 g/mol. The number of hydrogen-bond donors (Lipinski definition) is 0. The molecule has 0 atom stereocenters. The number of nitrogens with zero attached hydrogens (tertiary/aromatic N) is 3. The van der Waals surface area contributed by atoms with Gasteiger partial charge >= 0.3 is 0 Å². The summed E-state index contributed by atoms with van der Waals surface area (Å²) in [6, 6.07) is 33.9. The maximum atomic E-state index is 3.50. The average Bonchev–Trinajstić information content (AvgIpc) is 3.75. The first-order valence-electron chi connectivity index (χ1n) is 14.9. The van der Waals surface area contributed by atoms with Gasteiger partial charge in [0.1, 0.15) is 0 Å². The van der Waals surface area contributed by atoms with E-state index in [0.29, 0.717) is 17.8 Å². The Morgan fingerprint density at radius 3 is 0.762 bits per heavy atom. The maximum absolute atomic E-state index is 3.50.